The zero-order chi connectivity index (χ0) is 14.0. The Labute approximate surface area is 119 Å². The summed E-state index contributed by atoms with van der Waals surface area (Å²) in [5.41, 5.74) is 2.49. The Morgan fingerprint density at radius 1 is 1.00 bits per heavy atom. The molecule has 0 unspecified atom stereocenters. The quantitative estimate of drug-likeness (QED) is 0.852. The molecule has 2 aromatic rings. The fourth-order valence-corrected chi connectivity index (χ4v) is 3.10. The lowest BCUT2D eigenvalue weighted by atomic mass is 10.1. The summed E-state index contributed by atoms with van der Waals surface area (Å²) in [6.07, 6.45) is 0. The minimum atomic E-state index is -3.57. The number of hydrogen-bond acceptors (Lipinski definition) is 3. The number of nitrogens with one attached hydrogen (secondary N) is 1. The average molecular weight is 293 g/mol. The Kier molecular flexibility index (Phi) is 3.87. The third kappa shape index (κ3) is 3.11. The molecule has 19 heavy (non-hydrogen) atoms. The molecule has 0 fully saturated rings. The molecule has 0 atom stereocenters. The fraction of sp³-hybridized carbons (Fsp3) is 0.143. The van der Waals surface area contributed by atoms with Crippen LogP contribution in [0, 0.1) is 13.8 Å². The van der Waals surface area contributed by atoms with Crippen LogP contribution in [0.5, 0.6) is 0 Å². The molecule has 0 aliphatic rings. The number of aryl methyl sites for hydroxylation is 2. The summed E-state index contributed by atoms with van der Waals surface area (Å²) in [4.78, 5) is 0.849. The standard InChI is InChI=1S/C14H15NO2S2/c1-10-7-8-12(9-11(10)2)19(16,17)15-13-5-3-4-6-14(13)18/h3-9,15,18H,1-2H3. The highest BCUT2D eigenvalue weighted by Gasteiger charge is 2.15. The van der Waals surface area contributed by atoms with E-state index in [9.17, 15) is 8.42 Å². The fourth-order valence-electron chi connectivity index (χ4n) is 1.64. The monoisotopic (exact) mass is 293 g/mol. The summed E-state index contributed by atoms with van der Waals surface area (Å²) >= 11 is 4.23. The van der Waals surface area contributed by atoms with Crippen LogP contribution in [0.25, 0.3) is 0 Å². The van der Waals surface area contributed by atoms with Crippen LogP contribution < -0.4 is 4.72 Å². The first-order valence-electron chi connectivity index (χ1n) is 5.78. The minimum absolute atomic E-state index is 0.257. The van der Waals surface area contributed by atoms with Gasteiger partial charge in [0.2, 0.25) is 0 Å². The van der Waals surface area contributed by atoms with Gasteiger partial charge in [0.1, 0.15) is 0 Å². The van der Waals surface area contributed by atoms with E-state index in [0.29, 0.717) is 10.6 Å². The lowest BCUT2D eigenvalue weighted by Gasteiger charge is -2.11. The van der Waals surface area contributed by atoms with Crippen molar-refractivity contribution in [1.82, 2.24) is 0 Å². The van der Waals surface area contributed by atoms with Crippen molar-refractivity contribution in [3.63, 3.8) is 0 Å². The van der Waals surface area contributed by atoms with Crippen LogP contribution >= 0.6 is 12.6 Å². The Hall–Kier alpha value is -1.46. The van der Waals surface area contributed by atoms with Gasteiger partial charge in [0.15, 0.2) is 0 Å². The maximum Gasteiger partial charge on any atom is 0.261 e. The molecule has 0 aromatic heterocycles. The van der Waals surface area contributed by atoms with Crippen molar-refractivity contribution < 1.29 is 8.42 Å². The molecule has 0 radical (unpaired) electrons. The first kappa shape index (κ1) is 14.0. The molecule has 2 rings (SSSR count). The largest absolute Gasteiger partial charge is 0.279 e. The highest BCUT2D eigenvalue weighted by atomic mass is 32.2. The molecule has 0 heterocycles. The van der Waals surface area contributed by atoms with E-state index >= 15 is 0 Å². The van der Waals surface area contributed by atoms with Crippen molar-refractivity contribution >= 4 is 28.3 Å². The van der Waals surface area contributed by atoms with Crippen LogP contribution in [0.2, 0.25) is 0 Å². The molecule has 0 saturated heterocycles. The highest BCUT2D eigenvalue weighted by Crippen LogP contribution is 2.23. The van der Waals surface area contributed by atoms with Crippen LogP contribution in [0.3, 0.4) is 0 Å². The third-order valence-corrected chi connectivity index (χ3v) is 4.69. The van der Waals surface area contributed by atoms with Gasteiger partial charge in [-0.2, -0.15) is 0 Å². The van der Waals surface area contributed by atoms with Gasteiger partial charge in [0.05, 0.1) is 10.6 Å². The number of hydrogen-bond donors (Lipinski definition) is 2. The van der Waals surface area contributed by atoms with E-state index < -0.39 is 10.0 Å². The smallest absolute Gasteiger partial charge is 0.261 e. The molecule has 0 amide bonds. The van der Waals surface area contributed by atoms with Crippen LogP contribution in [0.15, 0.2) is 52.3 Å². The Bertz CT molecular complexity index is 709. The summed E-state index contributed by atoms with van der Waals surface area (Å²) in [5, 5.41) is 0. The number of anilines is 1. The molecule has 1 N–H and O–H groups in total. The molecule has 0 bridgehead atoms. The van der Waals surface area contributed by atoms with Crippen LogP contribution in [-0.2, 0) is 10.0 Å². The van der Waals surface area contributed by atoms with E-state index in [1.165, 1.54) is 0 Å². The van der Waals surface area contributed by atoms with Gasteiger partial charge >= 0.3 is 0 Å². The number of para-hydroxylation sites is 1. The lowest BCUT2D eigenvalue weighted by molar-refractivity contribution is 0.601. The summed E-state index contributed by atoms with van der Waals surface area (Å²) in [5.74, 6) is 0. The predicted molar refractivity (Wildman–Crippen MR) is 80.4 cm³/mol. The molecular weight excluding hydrogens is 278 g/mol. The highest BCUT2D eigenvalue weighted by molar-refractivity contribution is 7.92. The van der Waals surface area contributed by atoms with E-state index in [4.69, 9.17) is 0 Å². The maximum atomic E-state index is 12.3. The van der Waals surface area contributed by atoms with Gasteiger partial charge in [-0.05, 0) is 49.2 Å². The second-order valence-corrected chi connectivity index (χ2v) is 6.53. The Morgan fingerprint density at radius 3 is 2.32 bits per heavy atom. The van der Waals surface area contributed by atoms with E-state index in [1.54, 1.807) is 42.5 Å². The number of rotatable bonds is 3. The summed E-state index contributed by atoms with van der Waals surface area (Å²) < 4.78 is 27.1. The molecular formula is C14H15NO2S2. The molecule has 0 saturated carbocycles. The summed E-state index contributed by atoms with van der Waals surface area (Å²) in [6, 6.07) is 12.1. The van der Waals surface area contributed by atoms with Crippen molar-refractivity contribution in [3.8, 4) is 0 Å². The van der Waals surface area contributed by atoms with Gasteiger partial charge in [-0.15, -0.1) is 12.6 Å². The molecule has 5 heteroatoms. The molecule has 0 aliphatic carbocycles. The van der Waals surface area contributed by atoms with Crippen molar-refractivity contribution in [1.29, 1.82) is 0 Å². The van der Waals surface area contributed by atoms with E-state index in [1.807, 2.05) is 13.8 Å². The van der Waals surface area contributed by atoms with E-state index in [2.05, 4.69) is 17.4 Å². The van der Waals surface area contributed by atoms with Crippen LogP contribution in [0.4, 0.5) is 5.69 Å². The molecule has 0 aliphatic heterocycles. The first-order chi connectivity index (χ1) is 8.90. The topological polar surface area (TPSA) is 46.2 Å². The van der Waals surface area contributed by atoms with Gasteiger partial charge in [-0.25, -0.2) is 8.42 Å². The second kappa shape index (κ2) is 5.27. The third-order valence-electron chi connectivity index (χ3n) is 2.94. The van der Waals surface area contributed by atoms with Gasteiger partial charge < -0.3 is 0 Å². The van der Waals surface area contributed by atoms with Gasteiger partial charge in [0, 0.05) is 4.90 Å². The zero-order valence-electron chi connectivity index (χ0n) is 10.7. The normalized spacial score (nSPS) is 11.3. The van der Waals surface area contributed by atoms with Gasteiger partial charge in [-0.3, -0.25) is 4.72 Å². The predicted octanol–water partition coefficient (Wildman–Crippen LogP) is 3.39. The zero-order valence-corrected chi connectivity index (χ0v) is 12.4. The number of sulfonamides is 1. The van der Waals surface area contributed by atoms with Crippen molar-refractivity contribution in [2.45, 2.75) is 23.6 Å². The molecule has 2 aromatic carbocycles. The lowest BCUT2D eigenvalue weighted by Crippen LogP contribution is -2.13. The Morgan fingerprint density at radius 2 is 1.68 bits per heavy atom. The number of benzene rings is 2. The van der Waals surface area contributed by atoms with Gasteiger partial charge in [-0.1, -0.05) is 18.2 Å². The average Bonchev–Trinajstić information content (AvgIpc) is 2.35. The second-order valence-electron chi connectivity index (χ2n) is 4.37. The Balaban J connectivity index is 2.38. The molecule has 0 spiro atoms. The minimum Gasteiger partial charge on any atom is -0.279 e. The van der Waals surface area contributed by atoms with Crippen molar-refractivity contribution in [3.05, 3.63) is 53.6 Å². The summed E-state index contributed by atoms with van der Waals surface area (Å²) in [7, 11) is -3.57. The van der Waals surface area contributed by atoms with Crippen LogP contribution in [-0.4, -0.2) is 8.42 Å². The SMILES string of the molecule is Cc1ccc(S(=O)(=O)Nc2ccccc2S)cc1C. The first-order valence-corrected chi connectivity index (χ1v) is 7.71. The van der Waals surface area contributed by atoms with Crippen molar-refractivity contribution in [2.75, 3.05) is 4.72 Å². The van der Waals surface area contributed by atoms with Crippen LogP contribution in [0.1, 0.15) is 11.1 Å². The maximum absolute atomic E-state index is 12.3. The molecule has 3 nitrogen and oxygen atoms in total. The summed E-state index contributed by atoms with van der Waals surface area (Å²) in [6.45, 7) is 3.84. The van der Waals surface area contributed by atoms with E-state index in [-0.39, 0.29) is 4.90 Å². The molecule has 100 valence electrons. The van der Waals surface area contributed by atoms with Gasteiger partial charge in [0.25, 0.3) is 10.0 Å². The van der Waals surface area contributed by atoms with Crippen molar-refractivity contribution in [2.24, 2.45) is 0 Å². The van der Waals surface area contributed by atoms with E-state index in [0.717, 1.165) is 11.1 Å². The number of thiol groups is 1.